The van der Waals surface area contributed by atoms with Crippen LogP contribution in [0, 0.1) is 6.92 Å². The van der Waals surface area contributed by atoms with Crippen LogP contribution in [-0.2, 0) is 20.0 Å². The van der Waals surface area contributed by atoms with Gasteiger partial charge in [0.25, 0.3) is 10.0 Å². The molecule has 30 heavy (non-hydrogen) atoms. The van der Waals surface area contributed by atoms with Crippen LogP contribution in [0.3, 0.4) is 0 Å². The van der Waals surface area contributed by atoms with Gasteiger partial charge in [0.2, 0.25) is 10.0 Å². The van der Waals surface area contributed by atoms with Gasteiger partial charge >= 0.3 is 0 Å². The number of primary sulfonamides is 1. The van der Waals surface area contributed by atoms with Crippen LogP contribution in [0.15, 0.2) is 68.9 Å². The maximum absolute atomic E-state index is 12.4. The van der Waals surface area contributed by atoms with Crippen molar-refractivity contribution in [3.8, 4) is 0 Å². The number of hydrogen-bond acceptors (Lipinski definition) is 7. The van der Waals surface area contributed by atoms with Crippen molar-refractivity contribution in [2.75, 3.05) is 15.4 Å². The van der Waals surface area contributed by atoms with E-state index in [0.29, 0.717) is 17.1 Å². The summed E-state index contributed by atoms with van der Waals surface area (Å²) >= 11 is 5.21. The Hall–Kier alpha value is -3.00. The van der Waals surface area contributed by atoms with Crippen molar-refractivity contribution in [1.82, 2.24) is 5.16 Å². The van der Waals surface area contributed by atoms with E-state index >= 15 is 0 Å². The lowest BCUT2D eigenvalue weighted by atomic mass is 10.3. The zero-order valence-electron chi connectivity index (χ0n) is 15.5. The van der Waals surface area contributed by atoms with Crippen molar-refractivity contribution in [2.24, 2.45) is 5.14 Å². The highest BCUT2D eigenvalue weighted by Crippen LogP contribution is 2.19. The highest BCUT2D eigenvalue weighted by molar-refractivity contribution is 7.92. The molecule has 3 rings (SSSR count). The highest BCUT2D eigenvalue weighted by Gasteiger charge is 2.16. The van der Waals surface area contributed by atoms with Crippen LogP contribution in [0.4, 0.5) is 17.2 Å². The van der Waals surface area contributed by atoms with Crippen LogP contribution >= 0.6 is 12.2 Å². The number of nitrogens with zero attached hydrogens (tertiary/aromatic N) is 1. The van der Waals surface area contributed by atoms with Gasteiger partial charge in [0.05, 0.1) is 9.79 Å². The third-order valence-corrected chi connectivity index (χ3v) is 6.23. The minimum Gasteiger partial charge on any atom is -0.360 e. The Morgan fingerprint density at radius 2 is 1.43 bits per heavy atom. The van der Waals surface area contributed by atoms with Crippen LogP contribution in [0.5, 0.6) is 0 Å². The first-order valence-corrected chi connectivity index (χ1v) is 11.7. The normalized spacial score (nSPS) is 11.7. The average Bonchev–Trinajstić information content (AvgIpc) is 3.05. The second-order valence-electron chi connectivity index (χ2n) is 6.10. The second kappa shape index (κ2) is 8.39. The first-order valence-electron chi connectivity index (χ1n) is 8.30. The van der Waals surface area contributed by atoms with Crippen molar-refractivity contribution in [3.05, 3.63) is 60.4 Å². The van der Waals surface area contributed by atoms with E-state index in [9.17, 15) is 16.8 Å². The van der Waals surface area contributed by atoms with E-state index in [1.807, 2.05) is 0 Å². The molecule has 13 heteroatoms. The first-order chi connectivity index (χ1) is 14.0. The fraction of sp³-hybridized carbons (Fsp3) is 0.0588. The van der Waals surface area contributed by atoms with Crippen molar-refractivity contribution in [3.63, 3.8) is 0 Å². The number of aryl methyl sites for hydroxylation is 1. The number of rotatable bonds is 6. The highest BCUT2D eigenvalue weighted by atomic mass is 32.2. The van der Waals surface area contributed by atoms with Gasteiger partial charge in [-0.05, 0) is 67.7 Å². The molecule has 0 spiro atoms. The molecule has 3 aromatic rings. The standard InChI is InChI=1S/C17H17N5O5S3/c1-11-10-16(21-27-11)22-30(25,26)15-8-4-13(5-9-15)20-17(28)19-12-2-6-14(7-3-12)29(18,23)24/h2-10H,1H3,(H,21,22)(H2,18,23,24)(H2,19,20,28). The molecule has 0 aliphatic heterocycles. The Kier molecular flexibility index (Phi) is 6.07. The predicted octanol–water partition coefficient (Wildman–Crippen LogP) is 2.24. The molecular formula is C17H17N5O5S3. The fourth-order valence-electron chi connectivity index (χ4n) is 2.35. The molecule has 0 saturated carbocycles. The molecule has 0 unspecified atom stereocenters. The van der Waals surface area contributed by atoms with E-state index in [0.717, 1.165) is 0 Å². The number of benzene rings is 2. The number of anilines is 3. The number of aromatic nitrogens is 1. The largest absolute Gasteiger partial charge is 0.360 e. The number of nitrogens with one attached hydrogen (secondary N) is 3. The number of hydrogen-bond donors (Lipinski definition) is 4. The molecule has 5 N–H and O–H groups in total. The Morgan fingerprint density at radius 3 is 1.87 bits per heavy atom. The fourth-order valence-corrected chi connectivity index (χ4v) is 4.08. The van der Waals surface area contributed by atoms with Crippen LogP contribution in [0.1, 0.15) is 5.76 Å². The monoisotopic (exact) mass is 467 g/mol. The molecule has 0 aliphatic carbocycles. The Morgan fingerprint density at radius 1 is 0.933 bits per heavy atom. The smallest absolute Gasteiger partial charge is 0.263 e. The van der Waals surface area contributed by atoms with Crippen molar-refractivity contribution < 1.29 is 21.4 Å². The SMILES string of the molecule is Cc1cc(NS(=O)(=O)c2ccc(NC(=S)Nc3ccc(S(N)(=O)=O)cc3)cc2)no1. The van der Waals surface area contributed by atoms with Gasteiger partial charge in [0.1, 0.15) is 5.76 Å². The lowest BCUT2D eigenvalue weighted by molar-refractivity contribution is 0.400. The molecule has 0 fully saturated rings. The van der Waals surface area contributed by atoms with E-state index in [-0.39, 0.29) is 20.7 Å². The summed E-state index contributed by atoms with van der Waals surface area (Å²) < 4.78 is 54.5. The van der Waals surface area contributed by atoms with Gasteiger partial charge in [-0.25, -0.2) is 22.0 Å². The second-order valence-corrected chi connectivity index (χ2v) is 9.75. The molecule has 158 valence electrons. The molecule has 0 aliphatic rings. The van der Waals surface area contributed by atoms with Gasteiger partial charge in [-0.2, -0.15) is 0 Å². The van der Waals surface area contributed by atoms with Crippen LogP contribution < -0.4 is 20.5 Å². The predicted molar refractivity (Wildman–Crippen MR) is 116 cm³/mol. The van der Waals surface area contributed by atoms with Crippen LogP contribution in [0.25, 0.3) is 0 Å². The molecule has 2 aromatic carbocycles. The minimum absolute atomic E-state index is 0.0156. The molecular weight excluding hydrogens is 450 g/mol. The van der Waals surface area contributed by atoms with Crippen LogP contribution in [0.2, 0.25) is 0 Å². The summed E-state index contributed by atoms with van der Waals surface area (Å²) in [5.74, 6) is 0.570. The first kappa shape index (κ1) is 21.7. The van der Waals surface area contributed by atoms with E-state index in [4.69, 9.17) is 21.9 Å². The lowest BCUT2D eigenvalue weighted by Crippen LogP contribution is -2.19. The van der Waals surface area contributed by atoms with Gasteiger partial charge < -0.3 is 15.2 Å². The Bertz CT molecular complexity index is 1270. The summed E-state index contributed by atoms with van der Waals surface area (Å²) in [6.45, 7) is 1.65. The van der Waals surface area contributed by atoms with Crippen molar-refractivity contribution in [2.45, 2.75) is 16.7 Å². The molecule has 0 saturated heterocycles. The zero-order valence-corrected chi connectivity index (χ0v) is 17.9. The number of nitrogens with two attached hydrogens (primary N) is 1. The summed E-state index contributed by atoms with van der Waals surface area (Å²) in [6, 6.07) is 13.1. The summed E-state index contributed by atoms with van der Waals surface area (Å²) in [5, 5.41) is 14.7. The maximum atomic E-state index is 12.4. The molecule has 10 nitrogen and oxygen atoms in total. The van der Waals surface area contributed by atoms with E-state index in [1.54, 1.807) is 19.1 Å². The molecule has 1 heterocycles. The third-order valence-electron chi connectivity index (χ3n) is 3.73. The number of sulfonamides is 2. The van der Waals surface area contributed by atoms with Crippen LogP contribution in [-0.4, -0.2) is 27.1 Å². The van der Waals surface area contributed by atoms with Crippen molar-refractivity contribution in [1.29, 1.82) is 0 Å². The Labute approximate surface area is 178 Å². The molecule has 0 bridgehead atoms. The average molecular weight is 468 g/mol. The molecule has 1 aromatic heterocycles. The van der Waals surface area contributed by atoms with E-state index in [1.165, 1.54) is 42.5 Å². The van der Waals surface area contributed by atoms with Gasteiger partial charge in [0.15, 0.2) is 10.9 Å². The zero-order chi connectivity index (χ0) is 21.9. The summed E-state index contributed by atoms with van der Waals surface area (Å²) in [6.07, 6.45) is 0. The Balaban J connectivity index is 1.63. The van der Waals surface area contributed by atoms with E-state index < -0.39 is 20.0 Å². The van der Waals surface area contributed by atoms with Gasteiger partial charge in [0, 0.05) is 17.4 Å². The third kappa shape index (κ3) is 5.54. The minimum atomic E-state index is -3.82. The van der Waals surface area contributed by atoms with Gasteiger partial charge in [-0.1, -0.05) is 5.16 Å². The quantitative estimate of drug-likeness (QED) is 0.399. The number of thiocarbonyl (C=S) groups is 1. The summed E-state index contributed by atoms with van der Waals surface area (Å²) in [7, 11) is -7.59. The van der Waals surface area contributed by atoms with E-state index in [2.05, 4.69) is 20.5 Å². The molecule has 0 atom stereocenters. The van der Waals surface area contributed by atoms with Crippen molar-refractivity contribution >= 4 is 54.6 Å². The topological polar surface area (TPSA) is 156 Å². The summed E-state index contributed by atoms with van der Waals surface area (Å²) in [4.78, 5) is 0.0179. The molecule has 0 amide bonds. The van der Waals surface area contributed by atoms with Gasteiger partial charge in [-0.15, -0.1) is 0 Å². The van der Waals surface area contributed by atoms with Gasteiger partial charge in [-0.3, -0.25) is 4.72 Å². The summed E-state index contributed by atoms with van der Waals surface area (Å²) in [5.41, 5.74) is 1.09. The molecule has 0 radical (unpaired) electrons. The lowest BCUT2D eigenvalue weighted by Gasteiger charge is -2.11. The maximum Gasteiger partial charge on any atom is 0.263 e.